The van der Waals surface area contributed by atoms with Crippen molar-refractivity contribution < 1.29 is 9.84 Å². The van der Waals surface area contributed by atoms with Gasteiger partial charge in [-0.3, -0.25) is 0 Å². The lowest BCUT2D eigenvalue weighted by atomic mass is 10.1. The number of methoxy groups -OCH3 is 1. The number of hydrogen-bond donors (Lipinski definition) is 2. The lowest BCUT2D eigenvalue weighted by Crippen LogP contribution is -2.24. The molecule has 0 aliphatic rings. The third-order valence-electron chi connectivity index (χ3n) is 3.37. The molecule has 1 atom stereocenters. The summed E-state index contributed by atoms with van der Waals surface area (Å²) in [6, 6.07) is 15.3. The van der Waals surface area contributed by atoms with Crippen molar-refractivity contribution in [1.29, 1.82) is 0 Å². The molecule has 0 heterocycles. The van der Waals surface area contributed by atoms with Gasteiger partial charge in [0.1, 0.15) is 5.75 Å². The molecule has 1 unspecified atom stereocenters. The van der Waals surface area contributed by atoms with Gasteiger partial charge in [-0.05, 0) is 30.7 Å². The number of halogens is 1. The number of ether oxygens (including phenoxy) is 1. The fraction of sp³-hybridized carbons (Fsp3) is 0.294. The molecule has 0 aliphatic heterocycles. The Balaban J connectivity index is 1.81. The Morgan fingerprint density at radius 3 is 2.62 bits per heavy atom. The molecule has 0 amide bonds. The van der Waals surface area contributed by atoms with Gasteiger partial charge in [-0.25, -0.2) is 0 Å². The Hall–Kier alpha value is -1.55. The molecule has 0 bridgehead atoms. The maximum atomic E-state index is 10.1. The summed E-state index contributed by atoms with van der Waals surface area (Å²) in [6.07, 6.45) is 0.246. The summed E-state index contributed by atoms with van der Waals surface area (Å²) in [5, 5.41) is 14.0. The number of rotatable bonds is 7. The second-order valence-electron chi connectivity index (χ2n) is 4.80. The first kappa shape index (κ1) is 15.8. The molecule has 0 aliphatic carbocycles. The molecule has 21 heavy (non-hydrogen) atoms. The van der Waals surface area contributed by atoms with Gasteiger partial charge in [0.25, 0.3) is 0 Å². The van der Waals surface area contributed by atoms with Crippen LogP contribution in [0.2, 0.25) is 5.02 Å². The smallest absolute Gasteiger partial charge is 0.122 e. The Morgan fingerprint density at radius 1 is 1.14 bits per heavy atom. The van der Waals surface area contributed by atoms with E-state index in [0.717, 1.165) is 29.8 Å². The fourth-order valence-corrected chi connectivity index (χ4v) is 2.49. The summed E-state index contributed by atoms with van der Waals surface area (Å²) in [5.41, 5.74) is 1.91. The zero-order chi connectivity index (χ0) is 15.1. The van der Waals surface area contributed by atoms with Gasteiger partial charge >= 0.3 is 0 Å². The van der Waals surface area contributed by atoms with Crippen molar-refractivity contribution in [3.8, 4) is 5.75 Å². The lowest BCUT2D eigenvalue weighted by molar-refractivity contribution is 0.175. The van der Waals surface area contributed by atoms with Crippen LogP contribution in [-0.4, -0.2) is 25.3 Å². The predicted molar refractivity (Wildman–Crippen MR) is 86.0 cm³/mol. The summed E-state index contributed by atoms with van der Waals surface area (Å²) in [5.74, 6) is 0.894. The van der Waals surface area contributed by atoms with E-state index in [1.807, 2.05) is 42.5 Å². The highest BCUT2D eigenvalue weighted by atomic mass is 35.5. The molecule has 0 fully saturated rings. The van der Waals surface area contributed by atoms with Crippen molar-refractivity contribution in [2.24, 2.45) is 0 Å². The van der Waals surface area contributed by atoms with Crippen LogP contribution in [-0.2, 0) is 6.42 Å². The van der Waals surface area contributed by atoms with E-state index in [4.69, 9.17) is 16.3 Å². The molecule has 2 N–H and O–H groups in total. The minimum atomic E-state index is -0.601. The van der Waals surface area contributed by atoms with Gasteiger partial charge in [0.2, 0.25) is 0 Å². The van der Waals surface area contributed by atoms with E-state index >= 15 is 0 Å². The molecule has 0 spiro atoms. The minimum Gasteiger partial charge on any atom is -0.496 e. The van der Waals surface area contributed by atoms with Crippen LogP contribution in [0.3, 0.4) is 0 Å². The van der Waals surface area contributed by atoms with Crippen LogP contribution >= 0.6 is 11.6 Å². The summed E-state index contributed by atoms with van der Waals surface area (Å²) in [4.78, 5) is 0. The summed E-state index contributed by atoms with van der Waals surface area (Å²) >= 11 is 6.06. The van der Waals surface area contributed by atoms with E-state index in [9.17, 15) is 5.11 Å². The number of aliphatic hydroxyl groups is 1. The Labute approximate surface area is 130 Å². The molecule has 2 rings (SSSR count). The predicted octanol–water partition coefficient (Wildman–Crippen LogP) is 3.21. The van der Waals surface area contributed by atoms with Gasteiger partial charge in [0.15, 0.2) is 0 Å². The normalized spacial score (nSPS) is 12.1. The number of para-hydroxylation sites is 1. The quantitative estimate of drug-likeness (QED) is 0.772. The first-order valence-corrected chi connectivity index (χ1v) is 7.35. The van der Waals surface area contributed by atoms with E-state index in [0.29, 0.717) is 11.6 Å². The van der Waals surface area contributed by atoms with Crippen molar-refractivity contribution in [3.63, 3.8) is 0 Å². The van der Waals surface area contributed by atoms with Crippen molar-refractivity contribution in [3.05, 3.63) is 64.7 Å². The molecule has 2 aromatic carbocycles. The van der Waals surface area contributed by atoms with Gasteiger partial charge in [-0.1, -0.05) is 48.0 Å². The van der Waals surface area contributed by atoms with Gasteiger partial charge in [0.05, 0.1) is 13.2 Å². The van der Waals surface area contributed by atoms with Crippen LogP contribution in [0.25, 0.3) is 0 Å². The highest BCUT2D eigenvalue weighted by Gasteiger charge is 2.10. The maximum Gasteiger partial charge on any atom is 0.122 e. The number of benzene rings is 2. The lowest BCUT2D eigenvalue weighted by Gasteiger charge is -2.14. The Bertz CT molecular complexity index is 574. The first-order chi connectivity index (χ1) is 10.2. The topological polar surface area (TPSA) is 41.5 Å². The van der Waals surface area contributed by atoms with Crippen LogP contribution in [0.5, 0.6) is 5.75 Å². The number of hydrogen-bond acceptors (Lipinski definition) is 3. The Morgan fingerprint density at radius 2 is 1.86 bits per heavy atom. The highest BCUT2D eigenvalue weighted by Crippen LogP contribution is 2.22. The van der Waals surface area contributed by atoms with E-state index in [2.05, 4.69) is 5.32 Å². The van der Waals surface area contributed by atoms with Crippen molar-refractivity contribution in [1.82, 2.24) is 5.32 Å². The molecule has 2 aromatic rings. The van der Waals surface area contributed by atoms with E-state index in [1.54, 1.807) is 13.2 Å². The van der Waals surface area contributed by atoms with E-state index < -0.39 is 6.10 Å². The third-order valence-corrected chi connectivity index (χ3v) is 3.71. The summed E-state index contributed by atoms with van der Waals surface area (Å²) in [7, 11) is 1.67. The van der Waals surface area contributed by atoms with Gasteiger partial charge in [-0.2, -0.15) is 0 Å². The standard InChI is InChI=1S/C17H20ClNO2/c1-21-17-9-5-2-6-13(17)10-11-19-12-16(20)14-7-3-4-8-15(14)18/h2-9,16,19-20H,10-12H2,1H3. The molecule has 0 saturated heterocycles. The van der Waals surface area contributed by atoms with E-state index in [1.165, 1.54) is 0 Å². The van der Waals surface area contributed by atoms with E-state index in [-0.39, 0.29) is 0 Å². The zero-order valence-corrected chi connectivity index (χ0v) is 12.8. The van der Waals surface area contributed by atoms with Crippen LogP contribution in [0.15, 0.2) is 48.5 Å². The maximum absolute atomic E-state index is 10.1. The van der Waals surface area contributed by atoms with Crippen molar-refractivity contribution in [2.45, 2.75) is 12.5 Å². The van der Waals surface area contributed by atoms with Crippen molar-refractivity contribution in [2.75, 3.05) is 20.2 Å². The molecule has 0 radical (unpaired) electrons. The largest absolute Gasteiger partial charge is 0.496 e. The fourth-order valence-electron chi connectivity index (χ4n) is 2.23. The molecule has 0 aromatic heterocycles. The molecule has 112 valence electrons. The average molecular weight is 306 g/mol. The average Bonchev–Trinajstić information content (AvgIpc) is 2.52. The molecule has 0 saturated carbocycles. The minimum absolute atomic E-state index is 0.471. The number of aliphatic hydroxyl groups excluding tert-OH is 1. The van der Waals surface area contributed by atoms with Crippen molar-refractivity contribution >= 4 is 11.6 Å². The zero-order valence-electron chi connectivity index (χ0n) is 12.1. The molecular weight excluding hydrogens is 286 g/mol. The summed E-state index contributed by atoms with van der Waals surface area (Å²) < 4.78 is 5.31. The number of nitrogens with one attached hydrogen (secondary N) is 1. The summed E-state index contributed by atoms with van der Waals surface area (Å²) in [6.45, 7) is 1.24. The monoisotopic (exact) mass is 305 g/mol. The Kier molecular flexibility index (Phi) is 6.05. The molecule has 4 heteroatoms. The van der Waals surface area contributed by atoms with Gasteiger partial charge in [-0.15, -0.1) is 0 Å². The highest BCUT2D eigenvalue weighted by molar-refractivity contribution is 6.31. The second kappa shape index (κ2) is 8.03. The van der Waals surface area contributed by atoms with Crippen LogP contribution in [0, 0.1) is 0 Å². The van der Waals surface area contributed by atoms with Crippen LogP contribution < -0.4 is 10.1 Å². The molecular formula is C17H20ClNO2. The van der Waals surface area contributed by atoms with Gasteiger partial charge < -0.3 is 15.2 Å². The third kappa shape index (κ3) is 4.46. The second-order valence-corrected chi connectivity index (χ2v) is 5.21. The van der Waals surface area contributed by atoms with Crippen LogP contribution in [0.1, 0.15) is 17.2 Å². The van der Waals surface area contributed by atoms with Crippen LogP contribution in [0.4, 0.5) is 0 Å². The molecule has 3 nitrogen and oxygen atoms in total. The van der Waals surface area contributed by atoms with Gasteiger partial charge in [0, 0.05) is 17.1 Å². The first-order valence-electron chi connectivity index (χ1n) is 6.97. The SMILES string of the molecule is COc1ccccc1CCNCC(O)c1ccccc1Cl.